The van der Waals surface area contributed by atoms with Crippen LogP contribution in [-0.4, -0.2) is 38.8 Å². The number of rotatable bonds is 2. The van der Waals surface area contributed by atoms with Crippen LogP contribution in [0.2, 0.25) is 0 Å². The lowest BCUT2D eigenvalue weighted by Crippen LogP contribution is -2.36. The van der Waals surface area contributed by atoms with E-state index in [1.807, 2.05) is 11.9 Å². The van der Waals surface area contributed by atoms with Crippen LogP contribution in [0, 0.1) is 0 Å². The average molecular weight is 228 g/mol. The van der Waals surface area contributed by atoms with E-state index in [-0.39, 0.29) is 11.9 Å². The molecule has 15 heavy (non-hydrogen) atoms. The number of amides is 1. The number of hydrogen-bond donors (Lipinski definition) is 0. The summed E-state index contributed by atoms with van der Waals surface area (Å²) in [6, 6.07) is 0.182. The van der Waals surface area contributed by atoms with E-state index >= 15 is 0 Å². The molecular formula is C10H14ClN3O. The molecular weight excluding hydrogens is 214 g/mol. The van der Waals surface area contributed by atoms with E-state index in [2.05, 4.69) is 4.98 Å². The predicted molar refractivity (Wildman–Crippen MR) is 58.0 cm³/mol. The summed E-state index contributed by atoms with van der Waals surface area (Å²) in [7, 11) is 1.85. The minimum Gasteiger partial charge on any atom is -0.340 e. The molecule has 1 saturated heterocycles. The molecule has 1 fully saturated rings. The fourth-order valence-corrected chi connectivity index (χ4v) is 2.25. The second-order valence-corrected chi connectivity index (χ2v) is 4.18. The highest BCUT2D eigenvalue weighted by Crippen LogP contribution is 2.20. The zero-order valence-electron chi connectivity index (χ0n) is 8.69. The maximum atomic E-state index is 12.0. The van der Waals surface area contributed by atoms with Gasteiger partial charge >= 0.3 is 0 Å². The van der Waals surface area contributed by atoms with Crippen molar-refractivity contribution in [3.63, 3.8) is 0 Å². The average Bonchev–Trinajstić information content (AvgIpc) is 2.84. The lowest BCUT2D eigenvalue weighted by molar-refractivity contribution is 0.0743. The number of carbonyl (C=O) groups is 1. The number of halogens is 1. The van der Waals surface area contributed by atoms with E-state index in [1.54, 1.807) is 17.1 Å². The molecule has 0 aromatic carbocycles. The van der Waals surface area contributed by atoms with Crippen LogP contribution in [0.15, 0.2) is 12.5 Å². The third-order valence-corrected chi connectivity index (χ3v) is 3.10. The molecule has 1 atom stereocenters. The molecule has 1 aromatic heterocycles. The third kappa shape index (κ3) is 2.00. The van der Waals surface area contributed by atoms with Gasteiger partial charge in [-0.05, 0) is 12.8 Å². The van der Waals surface area contributed by atoms with E-state index < -0.39 is 0 Å². The van der Waals surface area contributed by atoms with Crippen LogP contribution in [-0.2, 0) is 7.05 Å². The summed E-state index contributed by atoms with van der Waals surface area (Å²) in [5, 5.41) is 0. The molecule has 1 aliphatic heterocycles. The Morgan fingerprint density at radius 3 is 3.13 bits per heavy atom. The summed E-state index contributed by atoms with van der Waals surface area (Å²) in [5.74, 6) is 0.511. The Morgan fingerprint density at radius 1 is 1.73 bits per heavy atom. The van der Waals surface area contributed by atoms with Crippen LogP contribution in [0.3, 0.4) is 0 Å². The molecule has 1 unspecified atom stereocenters. The zero-order chi connectivity index (χ0) is 10.8. The lowest BCUT2D eigenvalue weighted by Gasteiger charge is -2.21. The number of hydrogen-bond acceptors (Lipinski definition) is 2. The molecule has 0 bridgehead atoms. The smallest absolute Gasteiger partial charge is 0.274 e. The van der Waals surface area contributed by atoms with Crippen LogP contribution in [0.1, 0.15) is 23.3 Å². The number of aryl methyl sites for hydroxylation is 1. The SMILES string of the molecule is Cn1cnc(C(=O)N2CCCC2CCl)c1. The fraction of sp³-hybridized carbons (Fsp3) is 0.600. The maximum absolute atomic E-state index is 12.0. The van der Waals surface area contributed by atoms with Crippen LogP contribution >= 0.6 is 11.6 Å². The van der Waals surface area contributed by atoms with Gasteiger partial charge in [0.2, 0.25) is 0 Å². The summed E-state index contributed by atoms with van der Waals surface area (Å²) < 4.78 is 1.78. The molecule has 1 aromatic rings. The molecule has 0 radical (unpaired) electrons. The number of alkyl halides is 1. The number of aromatic nitrogens is 2. The number of likely N-dealkylation sites (tertiary alicyclic amines) is 1. The first-order chi connectivity index (χ1) is 7.22. The molecule has 0 saturated carbocycles. The summed E-state index contributed by atoms with van der Waals surface area (Å²) in [6.07, 6.45) is 5.42. The van der Waals surface area contributed by atoms with Gasteiger partial charge in [0.1, 0.15) is 5.69 Å². The van der Waals surface area contributed by atoms with E-state index in [9.17, 15) is 4.79 Å². The van der Waals surface area contributed by atoms with Crippen molar-refractivity contribution < 1.29 is 4.79 Å². The first kappa shape index (κ1) is 10.5. The van der Waals surface area contributed by atoms with E-state index in [0.29, 0.717) is 11.6 Å². The molecule has 1 aliphatic rings. The molecule has 2 rings (SSSR count). The highest BCUT2D eigenvalue weighted by Gasteiger charge is 2.29. The van der Waals surface area contributed by atoms with Gasteiger partial charge in [-0.25, -0.2) is 4.98 Å². The maximum Gasteiger partial charge on any atom is 0.274 e. The van der Waals surface area contributed by atoms with Gasteiger partial charge in [0.15, 0.2) is 0 Å². The van der Waals surface area contributed by atoms with E-state index in [0.717, 1.165) is 19.4 Å². The fourth-order valence-electron chi connectivity index (χ4n) is 1.93. The van der Waals surface area contributed by atoms with Gasteiger partial charge in [-0.1, -0.05) is 0 Å². The van der Waals surface area contributed by atoms with Gasteiger partial charge < -0.3 is 9.47 Å². The predicted octanol–water partition coefficient (Wildman–Crippen LogP) is 1.26. The van der Waals surface area contributed by atoms with Crippen LogP contribution < -0.4 is 0 Å². The Balaban J connectivity index is 2.13. The summed E-state index contributed by atoms with van der Waals surface area (Å²) >= 11 is 5.82. The molecule has 1 amide bonds. The van der Waals surface area contributed by atoms with Gasteiger partial charge in [0.25, 0.3) is 5.91 Å². The van der Waals surface area contributed by atoms with Gasteiger partial charge in [-0.15, -0.1) is 11.6 Å². The van der Waals surface area contributed by atoms with Gasteiger partial charge in [0, 0.05) is 31.7 Å². The second kappa shape index (κ2) is 4.23. The number of nitrogens with zero attached hydrogens (tertiary/aromatic N) is 3. The van der Waals surface area contributed by atoms with Crippen LogP contribution in [0.5, 0.6) is 0 Å². The van der Waals surface area contributed by atoms with Gasteiger partial charge in [0.05, 0.1) is 6.33 Å². The van der Waals surface area contributed by atoms with Crippen molar-refractivity contribution in [2.75, 3.05) is 12.4 Å². The third-order valence-electron chi connectivity index (χ3n) is 2.74. The van der Waals surface area contributed by atoms with Crippen molar-refractivity contribution in [2.24, 2.45) is 7.05 Å². The van der Waals surface area contributed by atoms with Crippen LogP contribution in [0.4, 0.5) is 0 Å². The van der Waals surface area contributed by atoms with Crippen LogP contribution in [0.25, 0.3) is 0 Å². The quantitative estimate of drug-likeness (QED) is 0.714. The second-order valence-electron chi connectivity index (χ2n) is 3.87. The van der Waals surface area contributed by atoms with E-state index in [1.165, 1.54) is 0 Å². The Bertz CT molecular complexity index is 363. The first-order valence-corrected chi connectivity index (χ1v) is 5.60. The molecule has 2 heterocycles. The Morgan fingerprint density at radius 2 is 2.53 bits per heavy atom. The van der Waals surface area contributed by atoms with Crippen molar-refractivity contribution >= 4 is 17.5 Å². The van der Waals surface area contributed by atoms with Crippen molar-refractivity contribution in [3.8, 4) is 0 Å². The minimum absolute atomic E-state index is 0.00116. The van der Waals surface area contributed by atoms with Crippen molar-refractivity contribution in [1.82, 2.24) is 14.5 Å². The number of carbonyl (C=O) groups excluding carboxylic acids is 1. The van der Waals surface area contributed by atoms with Gasteiger partial charge in [-0.3, -0.25) is 4.79 Å². The summed E-state index contributed by atoms with van der Waals surface area (Å²) in [5.41, 5.74) is 0.509. The molecule has 82 valence electrons. The standard InChI is InChI=1S/C10H14ClN3O/c1-13-6-9(12-7-13)10(15)14-4-2-3-8(14)5-11/h6-8H,2-5H2,1H3. The summed E-state index contributed by atoms with van der Waals surface area (Å²) in [4.78, 5) is 17.9. The zero-order valence-corrected chi connectivity index (χ0v) is 9.44. The highest BCUT2D eigenvalue weighted by molar-refractivity contribution is 6.18. The topological polar surface area (TPSA) is 38.1 Å². The minimum atomic E-state index is -0.00116. The monoisotopic (exact) mass is 227 g/mol. The molecule has 0 aliphatic carbocycles. The Labute approximate surface area is 93.8 Å². The lowest BCUT2D eigenvalue weighted by atomic mass is 10.2. The van der Waals surface area contributed by atoms with Crippen molar-refractivity contribution in [1.29, 1.82) is 0 Å². The first-order valence-electron chi connectivity index (χ1n) is 5.07. The Hall–Kier alpha value is -1.03. The summed E-state index contributed by atoms with van der Waals surface area (Å²) in [6.45, 7) is 0.798. The molecule has 0 spiro atoms. The molecule has 5 heteroatoms. The normalized spacial score (nSPS) is 20.9. The Kier molecular flexibility index (Phi) is 2.95. The highest BCUT2D eigenvalue weighted by atomic mass is 35.5. The molecule has 4 nitrogen and oxygen atoms in total. The van der Waals surface area contributed by atoms with Gasteiger partial charge in [-0.2, -0.15) is 0 Å². The molecule has 0 N–H and O–H groups in total. The van der Waals surface area contributed by atoms with Crippen molar-refractivity contribution in [2.45, 2.75) is 18.9 Å². The van der Waals surface area contributed by atoms with E-state index in [4.69, 9.17) is 11.6 Å². The number of imidazole rings is 1. The van der Waals surface area contributed by atoms with Crippen molar-refractivity contribution in [3.05, 3.63) is 18.2 Å². The largest absolute Gasteiger partial charge is 0.340 e.